The number of halogens is 1. The second-order valence-electron chi connectivity index (χ2n) is 6.22. The van der Waals surface area contributed by atoms with E-state index in [1.165, 1.54) is 23.5 Å². The van der Waals surface area contributed by atoms with E-state index in [4.69, 9.17) is 5.73 Å². The minimum atomic E-state index is -0.449. The third kappa shape index (κ3) is 3.60. The normalized spacial score (nSPS) is 11.2. The number of carbonyl (C=O) groups is 2. The van der Waals surface area contributed by atoms with Gasteiger partial charge in [0.2, 0.25) is 5.91 Å². The summed E-state index contributed by atoms with van der Waals surface area (Å²) in [6, 6.07) is 6.08. The first-order chi connectivity index (χ1) is 12.4. The molecule has 2 N–H and O–H groups in total. The zero-order chi connectivity index (χ0) is 18.8. The van der Waals surface area contributed by atoms with Crippen LogP contribution in [0.15, 0.2) is 35.8 Å². The van der Waals surface area contributed by atoms with Crippen LogP contribution in [0.25, 0.3) is 16.2 Å². The Labute approximate surface area is 154 Å². The molecule has 0 atom stereocenters. The largest absolute Gasteiger partial charge is 0.370 e. The average Bonchev–Trinajstić information content (AvgIpc) is 3.14. The number of primary amides is 1. The lowest BCUT2D eigenvalue weighted by Crippen LogP contribution is -2.39. The zero-order valence-electron chi connectivity index (χ0n) is 14.5. The van der Waals surface area contributed by atoms with Crippen molar-refractivity contribution in [3.63, 3.8) is 0 Å². The maximum Gasteiger partial charge on any atom is 0.271 e. The van der Waals surface area contributed by atoms with Crippen LogP contribution < -0.4 is 5.73 Å². The molecule has 6 nitrogen and oxygen atoms in total. The number of aromatic nitrogens is 2. The Balaban J connectivity index is 1.94. The van der Waals surface area contributed by atoms with Gasteiger partial charge in [0.05, 0.1) is 5.69 Å². The molecular weight excluding hydrogens is 355 g/mol. The molecule has 26 heavy (non-hydrogen) atoms. The molecule has 0 aliphatic carbocycles. The summed E-state index contributed by atoms with van der Waals surface area (Å²) in [5.74, 6) is -0.988. The van der Waals surface area contributed by atoms with Crippen molar-refractivity contribution in [1.29, 1.82) is 0 Å². The minimum Gasteiger partial charge on any atom is -0.370 e. The maximum atomic E-state index is 13.5. The number of rotatable bonds is 6. The summed E-state index contributed by atoms with van der Waals surface area (Å²) >= 11 is 1.33. The summed E-state index contributed by atoms with van der Waals surface area (Å²) in [5, 5.41) is 1.74. The van der Waals surface area contributed by atoms with E-state index in [2.05, 4.69) is 4.98 Å². The van der Waals surface area contributed by atoms with Gasteiger partial charge in [0.1, 0.15) is 11.5 Å². The summed E-state index contributed by atoms with van der Waals surface area (Å²) in [5.41, 5.74) is 6.91. The second kappa shape index (κ2) is 7.25. The number of carbonyl (C=O) groups excluding carboxylic acids is 2. The Hall–Kier alpha value is -2.74. The van der Waals surface area contributed by atoms with E-state index < -0.39 is 5.91 Å². The van der Waals surface area contributed by atoms with Gasteiger partial charge in [-0.15, -0.1) is 11.3 Å². The monoisotopic (exact) mass is 374 g/mol. The van der Waals surface area contributed by atoms with Crippen LogP contribution in [0.3, 0.4) is 0 Å². The number of fused-ring (bicyclic) bond motifs is 1. The fourth-order valence-corrected chi connectivity index (χ4v) is 3.54. The number of nitrogens with two attached hydrogens (primary N) is 1. The minimum absolute atomic E-state index is 0.0805. The van der Waals surface area contributed by atoms with Crippen LogP contribution in [-0.2, 0) is 4.79 Å². The van der Waals surface area contributed by atoms with Gasteiger partial charge in [0.15, 0.2) is 4.96 Å². The molecule has 3 aromatic rings. The average molecular weight is 374 g/mol. The summed E-state index contributed by atoms with van der Waals surface area (Å²) in [6.07, 6.45) is 1.83. The summed E-state index contributed by atoms with van der Waals surface area (Å²) in [7, 11) is 0. The van der Waals surface area contributed by atoms with Crippen molar-refractivity contribution in [1.82, 2.24) is 14.3 Å². The second-order valence-corrected chi connectivity index (χ2v) is 7.06. The molecule has 136 valence electrons. The number of thiazole rings is 1. The van der Waals surface area contributed by atoms with Gasteiger partial charge in [-0.05, 0) is 26.0 Å². The topological polar surface area (TPSA) is 80.7 Å². The number of nitrogens with zero attached hydrogens (tertiary/aromatic N) is 3. The van der Waals surface area contributed by atoms with Crippen molar-refractivity contribution in [2.45, 2.75) is 26.3 Å². The molecule has 0 radical (unpaired) electrons. The lowest BCUT2D eigenvalue weighted by molar-refractivity contribution is -0.118. The van der Waals surface area contributed by atoms with Crippen LogP contribution in [0.5, 0.6) is 0 Å². The van der Waals surface area contributed by atoms with Gasteiger partial charge < -0.3 is 10.6 Å². The fraction of sp³-hybridized carbons (Fsp3) is 0.278. The first-order valence-electron chi connectivity index (χ1n) is 8.18. The van der Waals surface area contributed by atoms with Crippen LogP contribution in [-0.4, -0.2) is 38.7 Å². The lowest BCUT2D eigenvalue weighted by Gasteiger charge is -2.25. The smallest absolute Gasteiger partial charge is 0.271 e. The Morgan fingerprint density at radius 2 is 2.15 bits per heavy atom. The predicted octanol–water partition coefficient (Wildman–Crippen LogP) is 2.93. The van der Waals surface area contributed by atoms with Gasteiger partial charge in [0, 0.05) is 36.1 Å². The highest BCUT2D eigenvalue weighted by Gasteiger charge is 2.23. The van der Waals surface area contributed by atoms with Crippen molar-refractivity contribution in [3.05, 3.63) is 47.4 Å². The van der Waals surface area contributed by atoms with Crippen LogP contribution in [0.1, 0.15) is 30.8 Å². The standard InChI is InChI=1S/C18H19FN4O2S/c1-11(2)22(7-6-16(20)24)17(25)15-10-26-18-21-14(9-23(15)18)12-4-3-5-13(19)8-12/h3-5,8-11H,6-7H2,1-2H3,(H2,20,24). The Bertz CT molecular complexity index is 963. The molecular formula is C18H19FN4O2S. The molecule has 0 saturated carbocycles. The molecule has 2 amide bonds. The quantitative estimate of drug-likeness (QED) is 0.720. The van der Waals surface area contributed by atoms with Gasteiger partial charge in [-0.25, -0.2) is 9.37 Å². The SMILES string of the molecule is CC(C)N(CCC(N)=O)C(=O)c1csc2nc(-c3cccc(F)c3)cn12. The Morgan fingerprint density at radius 1 is 1.38 bits per heavy atom. The molecule has 8 heteroatoms. The molecule has 2 aromatic heterocycles. The van der Waals surface area contributed by atoms with Crippen molar-refractivity contribution in [3.8, 4) is 11.3 Å². The number of hydrogen-bond donors (Lipinski definition) is 1. The van der Waals surface area contributed by atoms with E-state index >= 15 is 0 Å². The first-order valence-corrected chi connectivity index (χ1v) is 9.06. The van der Waals surface area contributed by atoms with Crippen molar-refractivity contribution < 1.29 is 14.0 Å². The molecule has 3 rings (SSSR count). The van der Waals surface area contributed by atoms with E-state index in [1.807, 2.05) is 13.8 Å². The van der Waals surface area contributed by atoms with E-state index in [-0.39, 0.29) is 30.7 Å². The number of imidazole rings is 1. The van der Waals surface area contributed by atoms with Crippen molar-refractivity contribution in [2.75, 3.05) is 6.54 Å². The molecule has 0 fully saturated rings. The highest BCUT2D eigenvalue weighted by molar-refractivity contribution is 7.15. The summed E-state index contributed by atoms with van der Waals surface area (Å²) < 4.78 is 15.2. The summed E-state index contributed by atoms with van der Waals surface area (Å²) in [4.78, 5) is 30.7. The van der Waals surface area contributed by atoms with E-state index in [0.717, 1.165) is 0 Å². The Kier molecular flexibility index (Phi) is 5.03. The van der Waals surface area contributed by atoms with Gasteiger partial charge in [-0.3, -0.25) is 14.0 Å². The number of amides is 2. The van der Waals surface area contributed by atoms with Gasteiger partial charge in [-0.1, -0.05) is 12.1 Å². The van der Waals surface area contributed by atoms with Crippen molar-refractivity contribution in [2.24, 2.45) is 5.73 Å². The van der Waals surface area contributed by atoms with Crippen LogP contribution in [0.4, 0.5) is 4.39 Å². The molecule has 0 bridgehead atoms. The van der Waals surface area contributed by atoms with Crippen LogP contribution >= 0.6 is 11.3 Å². The molecule has 0 aliphatic rings. The zero-order valence-corrected chi connectivity index (χ0v) is 15.3. The van der Waals surface area contributed by atoms with Gasteiger partial charge >= 0.3 is 0 Å². The van der Waals surface area contributed by atoms with Crippen LogP contribution in [0, 0.1) is 5.82 Å². The predicted molar refractivity (Wildman–Crippen MR) is 98.4 cm³/mol. The number of hydrogen-bond acceptors (Lipinski definition) is 4. The lowest BCUT2D eigenvalue weighted by atomic mass is 10.2. The molecule has 1 aromatic carbocycles. The Morgan fingerprint density at radius 3 is 2.81 bits per heavy atom. The van der Waals surface area contributed by atoms with E-state index in [1.54, 1.807) is 33.0 Å². The van der Waals surface area contributed by atoms with E-state index in [0.29, 0.717) is 21.9 Å². The van der Waals surface area contributed by atoms with Crippen molar-refractivity contribution >= 4 is 28.1 Å². The van der Waals surface area contributed by atoms with E-state index in [9.17, 15) is 14.0 Å². The highest BCUT2D eigenvalue weighted by atomic mass is 32.1. The maximum absolute atomic E-state index is 13.5. The van der Waals surface area contributed by atoms with Gasteiger partial charge in [-0.2, -0.15) is 0 Å². The van der Waals surface area contributed by atoms with Gasteiger partial charge in [0.25, 0.3) is 5.91 Å². The third-order valence-corrected chi connectivity index (χ3v) is 4.87. The molecule has 0 aliphatic heterocycles. The fourth-order valence-electron chi connectivity index (χ4n) is 2.70. The first kappa shape index (κ1) is 18.1. The molecule has 0 spiro atoms. The molecule has 0 unspecified atom stereocenters. The van der Waals surface area contributed by atoms with Crippen LogP contribution in [0.2, 0.25) is 0 Å². The number of benzene rings is 1. The third-order valence-electron chi connectivity index (χ3n) is 4.03. The highest BCUT2D eigenvalue weighted by Crippen LogP contribution is 2.25. The molecule has 2 heterocycles. The summed E-state index contributed by atoms with van der Waals surface area (Å²) in [6.45, 7) is 4.03. The molecule has 0 saturated heterocycles.